The molecule has 1 saturated heterocycles. The zero-order chi connectivity index (χ0) is 10.7. The largest absolute Gasteiger partial charge is 0.497 e. The van der Waals surface area contributed by atoms with Gasteiger partial charge in [0.1, 0.15) is 5.75 Å². The van der Waals surface area contributed by atoms with Crippen molar-refractivity contribution in [3.63, 3.8) is 0 Å². The van der Waals surface area contributed by atoms with Crippen molar-refractivity contribution in [3.05, 3.63) is 29.3 Å². The fourth-order valence-electron chi connectivity index (χ4n) is 1.93. The summed E-state index contributed by atoms with van der Waals surface area (Å²) in [5, 5.41) is 3.45. The van der Waals surface area contributed by atoms with Gasteiger partial charge < -0.3 is 14.8 Å². The molecular weight excluding hydrogens is 190 g/mol. The first kappa shape index (κ1) is 10.5. The standard InChI is InChI=1S/C12H17NO2/c1-9-7-10(14-2)3-4-11(9)12-8-15-6-5-13-12/h3-4,7,12-13H,5-6,8H2,1-2H3/t12-/m1/s1. The molecule has 3 nitrogen and oxygen atoms in total. The van der Waals surface area contributed by atoms with E-state index in [2.05, 4.69) is 24.4 Å². The molecule has 1 heterocycles. The quantitative estimate of drug-likeness (QED) is 0.800. The smallest absolute Gasteiger partial charge is 0.119 e. The molecule has 15 heavy (non-hydrogen) atoms. The summed E-state index contributed by atoms with van der Waals surface area (Å²) in [6, 6.07) is 6.50. The van der Waals surface area contributed by atoms with E-state index < -0.39 is 0 Å². The molecule has 0 unspecified atom stereocenters. The maximum Gasteiger partial charge on any atom is 0.119 e. The average molecular weight is 207 g/mol. The van der Waals surface area contributed by atoms with Crippen molar-refractivity contribution < 1.29 is 9.47 Å². The van der Waals surface area contributed by atoms with E-state index in [1.807, 2.05) is 6.07 Å². The lowest BCUT2D eigenvalue weighted by Gasteiger charge is -2.25. The summed E-state index contributed by atoms with van der Waals surface area (Å²) in [7, 11) is 1.69. The summed E-state index contributed by atoms with van der Waals surface area (Å²) in [6.45, 7) is 4.60. The Hall–Kier alpha value is -1.06. The maximum absolute atomic E-state index is 5.45. The predicted molar refractivity (Wildman–Crippen MR) is 59.3 cm³/mol. The zero-order valence-corrected chi connectivity index (χ0v) is 9.25. The molecule has 1 aliphatic rings. The highest BCUT2D eigenvalue weighted by atomic mass is 16.5. The van der Waals surface area contributed by atoms with E-state index in [0.717, 1.165) is 25.5 Å². The van der Waals surface area contributed by atoms with Crippen LogP contribution in [0, 0.1) is 6.92 Å². The molecule has 1 aliphatic heterocycles. The molecule has 1 fully saturated rings. The number of morpholine rings is 1. The molecule has 0 bridgehead atoms. The summed E-state index contributed by atoms with van der Waals surface area (Å²) < 4.78 is 10.6. The SMILES string of the molecule is COc1ccc([C@H]2COCCN2)c(C)c1. The van der Waals surface area contributed by atoms with Crippen molar-refractivity contribution in [1.82, 2.24) is 5.32 Å². The Morgan fingerprint density at radius 2 is 2.33 bits per heavy atom. The van der Waals surface area contributed by atoms with Crippen molar-refractivity contribution in [1.29, 1.82) is 0 Å². The molecule has 82 valence electrons. The molecule has 0 aliphatic carbocycles. The van der Waals surface area contributed by atoms with Crippen LogP contribution in [0.25, 0.3) is 0 Å². The van der Waals surface area contributed by atoms with Gasteiger partial charge >= 0.3 is 0 Å². The van der Waals surface area contributed by atoms with Gasteiger partial charge in [-0.15, -0.1) is 0 Å². The highest BCUT2D eigenvalue weighted by Gasteiger charge is 2.16. The molecular formula is C12H17NO2. The third-order valence-corrected chi connectivity index (χ3v) is 2.77. The lowest BCUT2D eigenvalue weighted by Crippen LogP contribution is -2.34. The maximum atomic E-state index is 5.45. The number of benzene rings is 1. The first-order valence-electron chi connectivity index (χ1n) is 5.27. The van der Waals surface area contributed by atoms with E-state index in [1.54, 1.807) is 7.11 Å². The molecule has 2 rings (SSSR count). The number of ether oxygens (including phenoxy) is 2. The molecule has 1 atom stereocenters. The number of hydrogen-bond acceptors (Lipinski definition) is 3. The van der Waals surface area contributed by atoms with Gasteiger partial charge in [0.25, 0.3) is 0 Å². The van der Waals surface area contributed by atoms with Crippen molar-refractivity contribution in [2.75, 3.05) is 26.9 Å². The first-order valence-corrected chi connectivity index (χ1v) is 5.27. The fourth-order valence-corrected chi connectivity index (χ4v) is 1.93. The third kappa shape index (κ3) is 2.30. The van der Waals surface area contributed by atoms with Crippen LogP contribution in [0.3, 0.4) is 0 Å². The van der Waals surface area contributed by atoms with Gasteiger partial charge in [-0.25, -0.2) is 0 Å². The summed E-state index contributed by atoms with van der Waals surface area (Å²) >= 11 is 0. The summed E-state index contributed by atoms with van der Waals surface area (Å²) in [5.41, 5.74) is 2.55. The van der Waals surface area contributed by atoms with Gasteiger partial charge in [0.15, 0.2) is 0 Å². The highest BCUT2D eigenvalue weighted by molar-refractivity contribution is 5.36. The summed E-state index contributed by atoms with van der Waals surface area (Å²) in [4.78, 5) is 0. The normalized spacial score (nSPS) is 21.3. The second-order valence-corrected chi connectivity index (χ2v) is 3.80. The Labute approximate surface area is 90.4 Å². The van der Waals surface area contributed by atoms with Crippen LogP contribution < -0.4 is 10.1 Å². The molecule has 0 spiro atoms. The molecule has 3 heteroatoms. The van der Waals surface area contributed by atoms with Gasteiger partial charge in [0, 0.05) is 6.54 Å². The average Bonchev–Trinajstić information content (AvgIpc) is 2.30. The minimum absolute atomic E-state index is 0.324. The van der Waals surface area contributed by atoms with Crippen molar-refractivity contribution >= 4 is 0 Å². The first-order chi connectivity index (χ1) is 7.31. The number of hydrogen-bond donors (Lipinski definition) is 1. The molecule has 0 amide bonds. The van der Waals surface area contributed by atoms with Gasteiger partial charge in [0.2, 0.25) is 0 Å². The fraction of sp³-hybridized carbons (Fsp3) is 0.500. The van der Waals surface area contributed by atoms with Crippen LogP contribution in [0.2, 0.25) is 0 Å². The molecule has 1 N–H and O–H groups in total. The van der Waals surface area contributed by atoms with Crippen LogP contribution in [0.4, 0.5) is 0 Å². The Bertz CT molecular complexity index is 332. The van der Waals surface area contributed by atoms with E-state index in [1.165, 1.54) is 11.1 Å². The topological polar surface area (TPSA) is 30.5 Å². The van der Waals surface area contributed by atoms with E-state index in [-0.39, 0.29) is 0 Å². The predicted octanol–water partition coefficient (Wildman–Crippen LogP) is 1.66. The van der Waals surface area contributed by atoms with Crippen molar-refractivity contribution in [3.8, 4) is 5.75 Å². The van der Waals surface area contributed by atoms with E-state index >= 15 is 0 Å². The van der Waals surface area contributed by atoms with Gasteiger partial charge in [-0.2, -0.15) is 0 Å². The number of aryl methyl sites for hydroxylation is 1. The van der Waals surface area contributed by atoms with Crippen LogP contribution in [0.1, 0.15) is 17.2 Å². The van der Waals surface area contributed by atoms with E-state index in [9.17, 15) is 0 Å². The Kier molecular flexibility index (Phi) is 3.23. The van der Waals surface area contributed by atoms with Gasteiger partial charge in [-0.05, 0) is 30.2 Å². The number of rotatable bonds is 2. The van der Waals surface area contributed by atoms with Crippen LogP contribution in [0.5, 0.6) is 5.75 Å². The lowest BCUT2D eigenvalue weighted by atomic mass is 10.0. The van der Waals surface area contributed by atoms with Gasteiger partial charge in [-0.1, -0.05) is 6.07 Å². The van der Waals surface area contributed by atoms with Crippen molar-refractivity contribution in [2.45, 2.75) is 13.0 Å². The Morgan fingerprint density at radius 3 is 2.93 bits per heavy atom. The minimum Gasteiger partial charge on any atom is -0.497 e. The molecule has 0 radical (unpaired) electrons. The number of nitrogens with one attached hydrogen (secondary N) is 1. The van der Waals surface area contributed by atoms with Crippen LogP contribution in [-0.2, 0) is 4.74 Å². The monoisotopic (exact) mass is 207 g/mol. The lowest BCUT2D eigenvalue weighted by molar-refractivity contribution is 0.0767. The Morgan fingerprint density at radius 1 is 1.47 bits per heavy atom. The number of methoxy groups -OCH3 is 1. The second-order valence-electron chi connectivity index (χ2n) is 3.80. The van der Waals surface area contributed by atoms with Crippen LogP contribution in [-0.4, -0.2) is 26.9 Å². The second kappa shape index (κ2) is 4.64. The Balaban J connectivity index is 2.19. The van der Waals surface area contributed by atoms with Crippen LogP contribution in [0.15, 0.2) is 18.2 Å². The summed E-state index contributed by atoms with van der Waals surface area (Å²) in [6.07, 6.45) is 0. The third-order valence-electron chi connectivity index (χ3n) is 2.77. The molecule has 1 aromatic rings. The summed E-state index contributed by atoms with van der Waals surface area (Å²) in [5.74, 6) is 0.910. The minimum atomic E-state index is 0.324. The van der Waals surface area contributed by atoms with Gasteiger partial charge in [-0.3, -0.25) is 0 Å². The molecule has 1 aromatic carbocycles. The van der Waals surface area contributed by atoms with Crippen molar-refractivity contribution in [2.24, 2.45) is 0 Å². The molecule has 0 saturated carbocycles. The molecule has 0 aromatic heterocycles. The van der Waals surface area contributed by atoms with Gasteiger partial charge in [0.05, 0.1) is 26.4 Å². The highest BCUT2D eigenvalue weighted by Crippen LogP contribution is 2.23. The zero-order valence-electron chi connectivity index (χ0n) is 9.25. The van der Waals surface area contributed by atoms with E-state index in [0.29, 0.717) is 6.04 Å². The van der Waals surface area contributed by atoms with Crippen LogP contribution >= 0.6 is 0 Å². The van der Waals surface area contributed by atoms with E-state index in [4.69, 9.17) is 9.47 Å².